The van der Waals surface area contributed by atoms with Crippen LogP contribution >= 0.6 is 11.8 Å². The van der Waals surface area contributed by atoms with E-state index in [1.54, 1.807) is 25.1 Å². The van der Waals surface area contributed by atoms with Gasteiger partial charge < -0.3 is 10.1 Å². The number of benzene rings is 2. The molecular weight excluding hydrogens is 350 g/mol. The molecule has 1 N–H and O–H groups in total. The van der Waals surface area contributed by atoms with Crippen molar-refractivity contribution in [1.82, 2.24) is 0 Å². The number of Topliss-reactive ketones (excluding diaryl/α,β-unsaturated/α-hetero) is 1. The zero-order chi connectivity index (χ0) is 18.5. The Balaban J connectivity index is 1.55. The molecule has 0 saturated carbocycles. The lowest BCUT2D eigenvalue weighted by molar-refractivity contribution is -0.141. The highest BCUT2D eigenvalue weighted by Crippen LogP contribution is 2.25. The number of carbonyl (C=O) groups is 3. The Labute approximate surface area is 156 Å². The highest BCUT2D eigenvalue weighted by atomic mass is 32.2. The van der Waals surface area contributed by atoms with Crippen LogP contribution in [0.5, 0.6) is 0 Å². The van der Waals surface area contributed by atoms with Crippen molar-refractivity contribution < 1.29 is 19.1 Å². The molecule has 0 saturated heterocycles. The van der Waals surface area contributed by atoms with E-state index in [9.17, 15) is 14.4 Å². The second kappa shape index (κ2) is 8.19. The van der Waals surface area contributed by atoms with Crippen molar-refractivity contribution in [3.05, 3.63) is 59.7 Å². The van der Waals surface area contributed by atoms with E-state index < -0.39 is 11.2 Å². The van der Waals surface area contributed by atoms with Crippen LogP contribution in [0.15, 0.2) is 53.4 Å². The van der Waals surface area contributed by atoms with Gasteiger partial charge in [0.2, 0.25) is 5.91 Å². The summed E-state index contributed by atoms with van der Waals surface area (Å²) in [4.78, 5) is 36.8. The monoisotopic (exact) mass is 369 g/mol. The van der Waals surface area contributed by atoms with Gasteiger partial charge >= 0.3 is 5.97 Å². The predicted molar refractivity (Wildman–Crippen MR) is 100 cm³/mol. The third kappa shape index (κ3) is 4.52. The lowest BCUT2D eigenvalue weighted by Crippen LogP contribution is -2.22. The molecule has 6 heteroatoms. The molecule has 0 bridgehead atoms. The highest BCUT2D eigenvalue weighted by Gasteiger charge is 2.20. The minimum atomic E-state index is -0.419. The number of rotatable bonds is 6. The number of hydrogen-bond acceptors (Lipinski definition) is 5. The maximum Gasteiger partial charge on any atom is 0.319 e. The van der Waals surface area contributed by atoms with Gasteiger partial charge in [0, 0.05) is 22.6 Å². The Morgan fingerprint density at radius 1 is 1.15 bits per heavy atom. The summed E-state index contributed by atoms with van der Waals surface area (Å²) in [6.07, 6.45) is 1.01. The number of nitrogens with one attached hydrogen (secondary N) is 1. The van der Waals surface area contributed by atoms with E-state index in [1.165, 1.54) is 11.8 Å². The number of ketones is 1. The molecule has 0 unspecified atom stereocenters. The number of aryl methyl sites for hydroxylation is 1. The number of esters is 1. The molecule has 0 aliphatic carbocycles. The standard InChI is InChI=1S/C20H19NO4S/c1-13(26-16-5-3-2-4-6-16)20(24)25-12-18(22)15-7-9-17-14(11-15)8-10-19(23)21-17/h2-7,9,11,13H,8,10,12H2,1H3,(H,21,23)/t13-/m1/s1. The Morgan fingerprint density at radius 2 is 1.92 bits per heavy atom. The van der Waals surface area contributed by atoms with Gasteiger partial charge in [0.05, 0.1) is 0 Å². The molecular formula is C20H19NO4S. The molecule has 1 atom stereocenters. The fourth-order valence-electron chi connectivity index (χ4n) is 2.65. The fraction of sp³-hybridized carbons (Fsp3) is 0.250. The van der Waals surface area contributed by atoms with E-state index in [4.69, 9.17) is 4.74 Å². The molecule has 2 aromatic carbocycles. The first-order valence-corrected chi connectivity index (χ1v) is 9.25. The molecule has 0 spiro atoms. The van der Waals surface area contributed by atoms with Gasteiger partial charge in [-0.3, -0.25) is 14.4 Å². The van der Waals surface area contributed by atoms with Crippen LogP contribution in [0.3, 0.4) is 0 Å². The number of amides is 1. The van der Waals surface area contributed by atoms with Crippen molar-refractivity contribution >= 4 is 35.1 Å². The summed E-state index contributed by atoms with van der Waals surface area (Å²) in [5.41, 5.74) is 2.15. The average Bonchev–Trinajstić information content (AvgIpc) is 2.66. The number of ether oxygens (including phenoxy) is 1. The van der Waals surface area contributed by atoms with E-state index in [1.807, 2.05) is 30.3 Å². The summed E-state index contributed by atoms with van der Waals surface area (Å²) in [6, 6.07) is 14.7. The fourth-order valence-corrected chi connectivity index (χ4v) is 3.53. The average molecular weight is 369 g/mol. The van der Waals surface area contributed by atoms with Crippen molar-refractivity contribution in [2.24, 2.45) is 0 Å². The van der Waals surface area contributed by atoms with Gasteiger partial charge in [0.15, 0.2) is 12.4 Å². The topological polar surface area (TPSA) is 72.5 Å². The third-order valence-electron chi connectivity index (χ3n) is 4.06. The Kier molecular flexibility index (Phi) is 5.73. The van der Waals surface area contributed by atoms with E-state index in [0.717, 1.165) is 16.1 Å². The largest absolute Gasteiger partial charge is 0.456 e. The molecule has 1 heterocycles. The highest BCUT2D eigenvalue weighted by molar-refractivity contribution is 8.00. The second-order valence-electron chi connectivity index (χ2n) is 6.02. The first-order chi connectivity index (χ1) is 12.5. The molecule has 0 fully saturated rings. The minimum absolute atomic E-state index is 0.0181. The maximum absolute atomic E-state index is 12.3. The van der Waals surface area contributed by atoms with Crippen LogP contribution in [0, 0.1) is 0 Å². The number of hydrogen-bond donors (Lipinski definition) is 1. The Morgan fingerprint density at radius 3 is 2.69 bits per heavy atom. The molecule has 3 rings (SSSR count). The smallest absolute Gasteiger partial charge is 0.319 e. The molecule has 2 aromatic rings. The summed E-state index contributed by atoms with van der Waals surface area (Å²) in [6.45, 7) is 1.47. The summed E-state index contributed by atoms with van der Waals surface area (Å²) >= 11 is 1.39. The normalized spacial score (nSPS) is 14.1. The van der Waals surface area contributed by atoms with Crippen LogP contribution in [-0.2, 0) is 20.7 Å². The molecule has 0 aromatic heterocycles. The summed E-state index contributed by atoms with van der Waals surface area (Å²) < 4.78 is 5.17. The lowest BCUT2D eigenvalue weighted by Gasteiger charge is -2.17. The Hall–Kier alpha value is -2.60. The van der Waals surface area contributed by atoms with Crippen LogP contribution < -0.4 is 5.32 Å². The summed E-state index contributed by atoms with van der Waals surface area (Å²) in [5, 5.41) is 2.38. The maximum atomic E-state index is 12.3. The zero-order valence-electron chi connectivity index (χ0n) is 14.4. The first kappa shape index (κ1) is 18.2. The van der Waals surface area contributed by atoms with Crippen LogP contribution in [0.2, 0.25) is 0 Å². The van der Waals surface area contributed by atoms with Crippen molar-refractivity contribution in [1.29, 1.82) is 0 Å². The Bertz CT molecular complexity index is 835. The molecule has 134 valence electrons. The number of anilines is 1. The molecule has 1 aliphatic heterocycles. The molecule has 1 aliphatic rings. The predicted octanol–water partition coefficient (Wildman–Crippen LogP) is 3.48. The zero-order valence-corrected chi connectivity index (χ0v) is 15.2. The summed E-state index contributed by atoms with van der Waals surface area (Å²) in [5.74, 6) is -0.692. The number of thioether (sulfide) groups is 1. The van der Waals surface area contributed by atoms with E-state index in [-0.39, 0.29) is 18.3 Å². The molecule has 26 heavy (non-hydrogen) atoms. The molecule has 0 radical (unpaired) electrons. The van der Waals surface area contributed by atoms with Crippen molar-refractivity contribution in [2.75, 3.05) is 11.9 Å². The molecule has 1 amide bonds. The van der Waals surface area contributed by atoms with Gasteiger partial charge in [-0.15, -0.1) is 11.8 Å². The van der Waals surface area contributed by atoms with Gasteiger partial charge in [-0.25, -0.2) is 0 Å². The van der Waals surface area contributed by atoms with Crippen molar-refractivity contribution in [3.63, 3.8) is 0 Å². The number of fused-ring (bicyclic) bond motifs is 1. The van der Waals surface area contributed by atoms with Gasteiger partial charge in [-0.1, -0.05) is 18.2 Å². The van der Waals surface area contributed by atoms with Crippen LogP contribution in [0.1, 0.15) is 29.3 Å². The van der Waals surface area contributed by atoms with E-state index in [2.05, 4.69) is 5.32 Å². The van der Waals surface area contributed by atoms with E-state index in [0.29, 0.717) is 18.4 Å². The minimum Gasteiger partial charge on any atom is -0.456 e. The van der Waals surface area contributed by atoms with Crippen molar-refractivity contribution in [3.8, 4) is 0 Å². The van der Waals surface area contributed by atoms with Gasteiger partial charge in [-0.05, 0) is 49.2 Å². The number of carbonyl (C=O) groups excluding carboxylic acids is 3. The van der Waals surface area contributed by atoms with Crippen LogP contribution in [0.25, 0.3) is 0 Å². The summed E-state index contributed by atoms with van der Waals surface area (Å²) in [7, 11) is 0. The van der Waals surface area contributed by atoms with Crippen molar-refractivity contribution in [2.45, 2.75) is 29.9 Å². The van der Waals surface area contributed by atoms with Crippen LogP contribution in [0.4, 0.5) is 5.69 Å². The second-order valence-corrected chi connectivity index (χ2v) is 7.44. The van der Waals surface area contributed by atoms with E-state index >= 15 is 0 Å². The lowest BCUT2D eigenvalue weighted by atomic mass is 9.99. The molecule has 5 nitrogen and oxygen atoms in total. The first-order valence-electron chi connectivity index (χ1n) is 8.37. The van der Waals surface area contributed by atoms with Gasteiger partial charge in [0.25, 0.3) is 0 Å². The third-order valence-corrected chi connectivity index (χ3v) is 5.15. The SMILES string of the molecule is C[C@@H](Sc1ccccc1)C(=O)OCC(=O)c1ccc2c(c1)CCC(=O)N2. The van der Waals surface area contributed by atoms with Gasteiger partial charge in [-0.2, -0.15) is 0 Å². The van der Waals surface area contributed by atoms with Gasteiger partial charge in [0.1, 0.15) is 5.25 Å². The van der Waals surface area contributed by atoms with Crippen LogP contribution in [-0.4, -0.2) is 29.5 Å². The quantitative estimate of drug-likeness (QED) is 0.479.